The fourth-order valence-corrected chi connectivity index (χ4v) is 3.20. The van der Waals surface area contributed by atoms with Gasteiger partial charge in [0.2, 0.25) is 5.88 Å². The first-order valence-electron chi connectivity index (χ1n) is 8.42. The van der Waals surface area contributed by atoms with E-state index in [-0.39, 0.29) is 6.04 Å². The van der Waals surface area contributed by atoms with Crippen LogP contribution in [-0.2, 0) is 7.05 Å². The molecule has 132 valence electrons. The number of benzene rings is 1. The number of hydrogen-bond acceptors (Lipinski definition) is 6. The molecular formula is C19H20N6O. The minimum absolute atomic E-state index is 0.0413. The van der Waals surface area contributed by atoms with Crippen LogP contribution in [0.3, 0.4) is 0 Å². The monoisotopic (exact) mass is 348 g/mol. The van der Waals surface area contributed by atoms with E-state index in [9.17, 15) is 0 Å². The minimum Gasteiger partial charge on any atom is -0.481 e. The third-order valence-corrected chi connectivity index (χ3v) is 4.40. The zero-order chi connectivity index (χ0) is 18.3. The Labute approximate surface area is 151 Å². The Morgan fingerprint density at radius 3 is 2.81 bits per heavy atom. The lowest BCUT2D eigenvalue weighted by Gasteiger charge is -2.17. The quantitative estimate of drug-likeness (QED) is 0.609. The van der Waals surface area contributed by atoms with Gasteiger partial charge < -0.3 is 10.1 Å². The number of methoxy groups -OCH3 is 1. The molecule has 0 aliphatic carbocycles. The number of nitrogens with one attached hydrogen (secondary N) is 1. The van der Waals surface area contributed by atoms with Crippen molar-refractivity contribution in [2.45, 2.75) is 19.9 Å². The van der Waals surface area contributed by atoms with E-state index in [0.29, 0.717) is 11.7 Å². The average Bonchev–Trinajstić information content (AvgIpc) is 3.01. The Hall–Kier alpha value is -3.22. The average molecular weight is 348 g/mol. The molecule has 0 bridgehead atoms. The van der Waals surface area contributed by atoms with Crippen molar-refractivity contribution >= 4 is 27.6 Å². The molecule has 0 fully saturated rings. The number of rotatable bonds is 4. The topological polar surface area (TPSA) is 77.8 Å². The minimum atomic E-state index is 0.0413. The maximum Gasteiger partial charge on any atom is 0.213 e. The molecule has 0 aliphatic heterocycles. The lowest BCUT2D eigenvalue weighted by atomic mass is 10.0. The Bertz CT molecular complexity index is 1100. The van der Waals surface area contributed by atoms with Gasteiger partial charge in [-0.05, 0) is 25.5 Å². The molecule has 1 atom stereocenters. The molecule has 7 heteroatoms. The summed E-state index contributed by atoms with van der Waals surface area (Å²) in [6, 6.07) is 8.06. The molecule has 0 aliphatic rings. The van der Waals surface area contributed by atoms with Gasteiger partial charge >= 0.3 is 0 Å². The molecule has 1 N–H and O–H groups in total. The lowest BCUT2D eigenvalue weighted by molar-refractivity contribution is 0.398. The van der Waals surface area contributed by atoms with Crippen LogP contribution < -0.4 is 10.1 Å². The third kappa shape index (κ3) is 2.81. The molecule has 4 aromatic rings. The smallest absolute Gasteiger partial charge is 0.213 e. The van der Waals surface area contributed by atoms with E-state index in [0.717, 1.165) is 27.6 Å². The van der Waals surface area contributed by atoms with Gasteiger partial charge in [0, 0.05) is 30.1 Å². The SMILES string of the molecule is COc1cc2c(NC(C)c3cccc4nn(C)cc34)nc(C)nc2cn1. The molecule has 0 saturated carbocycles. The third-order valence-electron chi connectivity index (χ3n) is 4.40. The highest BCUT2D eigenvalue weighted by Gasteiger charge is 2.15. The van der Waals surface area contributed by atoms with E-state index in [4.69, 9.17) is 4.74 Å². The van der Waals surface area contributed by atoms with Crippen LogP contribution in [0.15, 0.2) is 36.7 Å². The van der Waals surface area contributed by atoms with Crippen LogP contribution in [0.25, 0.3) is 21.8 Å². The van der Waals surface area contributed by atoms with Crippen molar-refractivity contribution in [1.82, 2.24) is 24.7 Å². The summed E-state index contributed by atoms with van der Waals surface area (Å²) in [5.74, 6) is 2.00. The zero-order valence-corrected chi connectivity index (χ0v) is 15.2. The Morgan fingerprint density at radius 1 is 1.15 bits per heavy atom. The highest BCUT2D eigenvalue weighted by molar-refractivity contribution is 5.90. The van der Waals surface area contributed by atoms with Crippen LogP contribution in [0.4, 0.5) is 5.82 Å². The van der Waals surface area contributed by atoms with Gasteiger partial charge in [-0.15, -0.1) is 0 Å². The van der Waals surface area contributed by atoms with Gasteiger partial charge in [0.25, 0.3) is 0 Å². The number of fused-ring (bicyclic) bond motifs is 2. The summed E-state index contributed by atoms with van der Waals surface area (Å²) in [5, 5.41) is 10.0. The molecular weight excluding hydrogens is 328 g/mol. The second kappa shape index (κ2) is 6.25. The van der Waals surface area contributed by atoms with E-state index >= 15 is 0 Å². The molecule has 0 saturated heterocycles. The van der Waals surface area contributed by atoms with Crippen molar-refractivity contribution in [3.05, 3.63) is 48.0 Å². The zero-order valence-electron chi connectivity index (χ0n) is 15.2. The first-order valence-corrected chi connectivity index (χ1v) is 8.42. The summed E-state index contributed by atoms with van der Waals surface area (Å²) in [6.45, 7) is 3.99. The van der Waals surface area contributed by atoms with Crippen LogP contribution in [0, 0.1) is 6.92 Å². The van der Waals surface area contributed by atoms with Crippen LogP contribution in [0.5, 0.6) is 5.88 Å². The van der Waals surface area contributed by atoms with E-state index in [1.807, 2.05) is 43.0 Å². The predicted octanol–water partition coefficient (Wildman–Crippen LogP) is 3.40. The number of anilines is 1. The van der Waals surface area contributed by atoms with Crippen molar-refractivity contribution in [2.24, 2.45) is 7.05 Å². The van der Waals surface area contributed by atoms with Gasteiger partial charge in [0.1, 0.15) is 11.6 Å². The molecule has 4 rings (SSSR count). The number of ether oxygens (including phenoxy) is 1. The molecule has 3 aromatic heterocycles. The fourth-order valence-electron chi connectivity index (χ4n) is 3.20. The van der Waals surface area contributed by atoms with Gasteiger partial charge in [0.15, 0.2) is 0 Å². The first kappa shape index (κ1) is 16.3. The molecule has 0 amide bonds. The second-order valence-corrected chi connectivity index (χ2v) is 6.31. The predicted molar refractivity (Wildman–Crippen MR) is 101 cm³/mol. The van der Waals surface area contributed by atoms with Gasteiger partial charge in [-0.3, -0.25) is 4.68 Å². The number of aromatic nitrogens is 5. The Kier molecular flexibility index (Phi) is 3.91. The number of aryl methyl sites for hydroxylation is 2. The van der Waals surface area contributed by atoms with Crippen LogP contribution >= 0.6 is 0 Å². The molecule has 7 nitrogen and oxygen atoms in total. The highest BCUT2D eigenvalue weighted by Crippen LogP contribution is 2.29. The Balaban J connectivity index is 1.78. The first-order chi connectivity index (χ1) is 12.5. The molecule has 26 heavy (non-hydrogen) atoms. The summed E-state index contributed by atoms with van der Waals surface area (Å²) in [4.78, 5) is 13.3. The number of nitrogens with zero attached hydrogens (tertiary/aromatic N) is 5. The lowest BCUT2D eigenvalue weighted by Crippen LogP contribution is -2.10. The number of pyridine rings is 1. The summed E-state index contributed by atoms with van der Waals surface area (Å²) >= 11 is 0. The van der Waals surface area contributed by atoms with Crippen molar-refractivity contribution in [3.63, 3.8) is 0 Å². The van der Waals surface area contributed by atoms with Gasteiger partial charge in [-0.2, -0.15) is 5.10 Å². The molecule has 1 unspecified atom stereocenters. The van der Waals surface area contributed by atoms with Gasteiger partial charge in [-0.25, -0.2) is 15.0 Å². The summed E-state index contributed by atoms with van der Waals surface area (Å²) in [7, 11) is 3.53. The summed E-state index contributed by atoms with van der Waals surface area (Å²) < 4.78 is 7.09. The Morgan fingerprint density at radius 2 is 2.00 bits per heavy atom. The second-order valence-electron chi connectivity index (χ2n) is 6.31. The standard InChI is InChI=1S/C19H20N6O/c1-11(13-6-5-7-16-15(13)10-25(3)24-16)21-19-14-8-18(26-4)20-9-17(14)22-12(2)23-19/h5-11H,1-4H3,(H,21,22,23). The van der Waals surface area contributed by atoms with Crippen molar-refractivity contribution < 1.29 is 4.74 Å². The molecule has 0 spiro atoms. The molecule has 1 aromatic carbocycles. The maximum absolute atomic E-state index is 5.25. The fraction of sp³-hybridized carbons (Fsp3) is 0.263. The van der Waals surface area contributed by atoms with E-state index < -0.39 is 0 Å². The van der Waals surface area contributed by atoms with Crippen molar-refractivity contribution in [2.75, 3.05) is 12.4 Å². The van der Waals surface area contributed by atoms with Crippen molar-refractivity contribution in [3.8, 4) is 5.88 Å². The largest absolute Gasteiger partial charge is 0.481 e. The molecule has 0 radical (unpaired) electrons. The van der Waals surface area contributed by atoms with Crippen LogP contribution in [0.1, 0.15) is 24.4 Å². The van der Waals surface area contributed by atoms with Gasteiger partial charge in [0.05, 0.1) is 30.4 Å². The summed E-state index contributed by atoms with van der Waals surface area (Å²) in [6.07, 6.45) is 3.75. The van der Waals surface area contributed by atoms with Gasteiger partial charge in [-0.1, -0.05) is 12.1 Å². The van der Waals surface area contributed by atoms with E-state index in [2.05, 4.69) is 38.4 Å². The molecule has 3 heterocycles. The van der Waals surface area contributed by atoms with Crippen LogP contribution in [-0.4, -0.2) is 31.8 Å². The maximum atomic E-state index is 5.25. The van der Waals surface area contributed by atoms with E-state index in [1.165, 1.54) is 5.56 Å². The van der Waals surface area contributed by atoms with E-state index in [1.54, 1.807) is 13.3 Å². The highest BCUT2D eigenvalue weighted by atomic mass is 16.5. The normalized spacial score (nSPS) is 12.5. The summed E-state index contributed by atoms with van der Waals surface area (Å²) in [5.41, 5.74) is 2.93. The number of hydrogen-bond donors (Lipinski definition) is 1. The van der Waals surface area contributed by atoms with Crippen molar-refractivity contribution in [1.29, 1.82) is 0 Å². The van der Waals surface area contributed by atoms with Crippen LogP contribution in [0.2, 0.25) is 0 Å².